The molecular formula is C29H22Cl2N2O6S. The van der Waals surface area contributed by atoms with E-state index in [-0.39, 0.29) is 22.8 Å². The van der Waals surface area contributed by atoms with Crippen LogP contribution in [0, 0.1) is 0 Å². The number of carbonyl (C=O) groups excluding carboxylic acids is 1. The van der Waals surface area contributed by atoms with Crippen LogP contribution in [-0.4, -0.2) is 27.7 Å². The number of fused-ring (bicyclic) bond motifs is 1. The summed E-state index contributed by atoms with van der Waals surface area (Å²) in [6, 6.07) is 13.8. The van der Waals surface area contributed by atoms with Crippen molar-refractivity contribution in [2.24, 2.45) is 4.99 Å². The van der Waals surface area contributed by atoms with Crippen molar-refractivity contribution in [3.8, 4) is 11.3 Å². The minimum atomic E-state index is -1.09. The number of aromatic nitrogens is 1. The predicted molar refractivity (Wildman–Crippen MR) is 153 cm³/mol. The zero-order valence-corrected chi connectivity index (χ0v) is 23.8. The monoisotopic (exact) mass is 596 g/mol. The van der Waals surface area contributed by atoms with Crippen molar-refractivity contribution in [2.45, 2.75) is 32.9 Å². The molecule has 1 N–H and O–H groups in total. The molecule has 5 rings (SSSR count). The number of hydrogen-bond acceptors (Lipinski definition) is 7. The van der Waals surface area contributed by atoms with Crippen LogP contribution in [0.15, 0.2) is 80.1 Å². The van der Waals surface area contributed by atoms with Crippen LogP contribution in [0.1, 0.15) is 48.5 Å². The summed E-state index contributed by atoms with van der Waals surface area (Å²) in [6.45, 7) is 5.22. The van der Waals surface area contributed by atoms with Crippen LogP contribution in [0.25, 0.3) is 17.4 Å². The Morgan fingerprint density at radius 3 is 2.52 bits per heavy atom. The van der Waals surface area contributed by atoms with Crippen LogP contribution >= 0.6 is 34.5 Å². The van der Waals surface area contributed by atoms with E-state index in [1.54, 1.807) is 63.2 Å². The fourth-order valence-corrected chi connectivity index (χ4v) is 5.74. The largest absolute Gasteiger partial charge is 0.478 e. The van der Waals surface area contributed by atoms with Gasteiger partial charge in [0.2, 0.25) is 0 Å². The van der Waals surface area contributed by atoms with Gasteiger partial charge >= 0.3 is 11.9 Å². The number of carboxylic acid groups (broad SMARTS) is 1. The number of carbonyl (C=O) groups is 2. The minimum Gasteiger partial charge on any atom is -0.478 e. The third-order valence-corrected chi connectivity index (χ3v) is 7.71. The summed E-state index contributed by atoms with van der Waals surface area (Å²) in [7, 11) is 0. The molecule has 204 valence electrons. The van der Waals surface area contributed by atoms with E-state index >= 15 is 0 Å². The maximum Gasteiger partial charge on any atom is 0.338 e. The maximum absolute atomic E-state index is 13.8. The van der Waals surface area contributed by atoms with Crippen LogP contribution in [0.4, 0.5) is 0 Å². The van der Waals surface area contributed by atoms with Crippen molar-refractivity contribution in [1.82, 2.24) is 4.57 Å². The molecule has 0 fully saturated rings. The van der Waals surface area contributed by atoms with Crippen molar-refractivity contribution in [2.75, 3.05) is 0 Å². The van der Waals surface area contributed by atoms with Crippen molar-refractivity contribution >= 4 is 52.6 Å². The first kappa shape index (κ1) is 27.6. The lowest BCUT2D eigenvalue weighted by Gasteiger charge is -2.25. The van der Waals surface area contributed by atoms with Gasteiger partial charge in [-0.3, -0.25) is 9.36 Å². The lowest BCUT2D eigenvalue weighted by atomic mass is 9.96. The average molecular weight is 597 g/mol. The number of nitrogens with zero attached hydrogens (tertiary/aromatic N) is 2. The summed E-state index contributed by atoms with van der Waals surface area (Å²) in [5.74, 6) is -0.939. The number of aromatic carboxylic acids is 1. The number of furan rings is 1. The van der Waals surface area contributed by atoms with Crippen molar-refractivity contribution in [3.63, 3.8) is 0 Å². The van der Waals surface area contributed by atoms with Crippen LogP contribution in [0.2, 0.25) is 10.0 Å². The number of halogens is 2. The molecule has 1 atom stereocenters. The molecule has 11 heteroatoms. The van der Waals surface area contributed by atoms with E-state index in [0.29, 0.717) is 47.7 Å². The fraction of sp³-hybridized carbons (Fsp3) is 0.172. The Morgan fingerprint density at radius 1 is 1.12 bits per heavy atom. The first-order chi connectivity index (χ1) is 19.0. The summed E-state index contributed by atoms with van der Waals surface area (Å²) in [4.78, 5) is 43.3. The minimum absolute atomic E-state index is 0.0648. The molecule has 40 heavy (non-hydrogen) atoms. The normalized spacial score (nSPS) is 15.2. The molecule has 0 saturated heterocycles. The summed E-state index contributed by atoms with van der Waals surface area (Å²) in [5.41, 5.74) is 1.50. The molecule has 2 aromatic carbocycles. The number of hydrogen-bond donors (Lipinski definition) is 1. The first-order valence-corrected chi connectivity index (χ1v) is 13.7. The number of carboxylic acids is 1. The van der Waals surface area contributed by atoms with Crippen molar-refractivity contribution in [1.29, 1.82) is 0 Å². The SMILES string of the molecule is CC1=C(C(=O)OC(C)C)[C@H](c2ccc(Cl)cc2)n2c(s/c(=C/c3ccc(-c4cc(C(=O)O)ccc4Cl)o3)c2=O)=N1. The zero-order chi connectivity index (χ0) is 28.7. The number of esters is 1. The molecule has 0 saturated carbocycles. The second kappa shape index (κ2) is 10.9. The lowest BCUT2D eigenvalue weighted by Crippen LogP contribution is -2.40. The highest BCUT2D eigenvalue weighted by molar-refractivity contribution is 7.07. The van der Waals surface area contributed by atoms with Gasteiger partial charge in [-0.1, -0.05) is 46.7 Å². The molecule has 0 bridgehead atoms. The molecule has 8 nitrogen and oxygen atoms in total. The number of allylic oxidation sites excluding steroid dienone is 1. The second-order valence-corrected chi connectivity index (χ2v) is 11.1. The van der Waals surface area contributed by atoms with Gasteiger partial charge < -0.3 is 14.3 Å². The van der Waals surface area contributed by atoms with Gasteiger partial charge in [0.25, 0.3) is 5.56 Å². The number of rotatable bonds is 6. The molecular weight excluding hydrogens is 575 g/mol. The van der Waals surface area contributed by atoms with E-state index in [9.17, 15) is 19.5 Å². The second-order valence-electron chi connectivity index (χ2n) is 9.29. The Labute approximate surface area is 242 Å². The zero-order valence-electron chi connectivity index (χ0n) is 21.5. The Hall–Kier alpha value is -3.92. The highest BCUT2D eigenvalue weighted by Gasteiger charge is 2.33. The Morgan fingerprint density at radius 2 is 1.85 bits per heavy atom. The van der Waals surface area contributed by atoms with E-state index in [1.165, 1.54) is 22.8 Å². The van der Waals surface area contributed by atoms with E-state index in [4.69, 9.17) is 32.4 Å². The Kier molecular flexibility index (Phi) is 7.55. The summed E-state index contributed by atoms with van der Waals surface area (Å²) in [6.07, 6.45) is 1.22. The Bertz CT molecular complexity index is 1870. The molecule has 1 aliphatic heterocycles. The Balaban J connectivity index is 1.62. The molecule has 4 aromatic rings. The van der Waals surface area contributed by atoms with Gasteiger partial charge in [0.15, 0.2) is 4.80 Å². The van der Waals surface area contributed by atoms with Crippen LogP contribution < -0.4 is 14.9 Å². The third-order valence-electron chi connectivity index (χ3n) is 6.15. The fourth-order valence-electron chi connectivity index (χ4n) is 4.37. The topological polar surface area (TPSA) is 111 Å². The third kappa shape index (κ3) is 5.28. The van der Waals surface area contributed by atoms with Gasteiger partial charge in [-0.2, -0.15) is 0 Å². The number of ether oxygens (including phenoxy) is 1. The summed E-state index contributed by atoms with van der Waals surface area (Å²) >= 11 is 13.6. The van der Waals surface area contributed by atoms with E-state index in [0.717, 1.165) is 11.3 Å². The highest BCUT2D eigenvalue weighted by Crippen LogP contribution is 2.32. The number of benzene rings is 2. The molecule has 0 spiro atoms. The van der Waals surface area contributed by atoms with Crippen molar-refractivity contribution in [3.05, 3.63) is 112 Å². The van der Waals surface area contributed by atoms with E-state index in [2.05, 4.69) is 4.99 Å². The highest BCUT2D eigenvalue weighted by atomic mass is 35.5. The quantitative estimate of drug-likeness (QED) is 0.296. The maximum atomic E-state index is 13.8. The van der Waals surface area contributed by atoms with E-state index in [1.807, 2.05) is 0 Å². The van der Waals surface area contributed by atoms with Crippen LogP contribution in [0.5, 0.6) is 0 Å². The van der Waals surface area contributed by atoms with Gasteiger partial charge in [-0.25, -0.2) is 14.6 Å². The van der Waals surface area contributed by atoms with Gasteiger partial charge in [0.1, 0.15) is 11.5 Å². The van der Waals surface area contributed by atoms with E-state index < -0.39 is 18.0 Å². The predicted octanol–water partition coefficient (Wildman–Crippen LogP) is 5.45. The summed E-state index contributed by atoms with van der Waals surface area (Å²) in [5, 5.41) is 10.2. The molecule has 0 radical (unpaired) electrons. The standard InChI is InChI=1S/C29H22Cl2N2O6S/c1-14(2)38-28(37)24-15(3)32-29-33(25(24)16-4-7-18(30)8-5-16)26(34)23(40-29)13-19-9-11-22(39-19)20-12-17(27(35)36)6-10-21(20)31/h4-14,25H,1-3H3,(H,35,36)/b23-13+/t25-/m0/s1. The smallest absolute Gasteiger partial charge is 0.338 e. The molecule has 0 amide bonds. The molecule has 3 heterocycles. The average Bonchev–Trinajstić information content (AvgIpc) is 3.47. The van der Waals surface area contributed by atoms with Crippen LogP contribution in [-0.2, 0) is 9.53 Å². The molecule has 0 unspecified atom stereocenters. The van der Waals surface area contributed by atoms with Gasteiger partial charge in [0, 0.05) is 16.7 Å². The lowest BCUT2D eigenvalue weighted by molar-refractivity contribution is -0.143. The molecule has 2 aromatic heterocycles. The van der Waals surface area contributed by atoms with Crippen molar-refractivity contribution < 1.29 is 23.8 Å². The van der Waals surface area contributed by atoms with Crippen LogP contribution in [0.3, 0.4) is 0 Å². The van der Waals surface area contributed by atoms with Gasteiger partial charge in [0.05, 0.1) is 38.5 Å². The summed E-state index contributed by atoms with van der Waals surface area (Å²) < 4.78 is 13.2. The van der Waals surface area contributed by atoms with Gasteiger partial charge in [-0.15, -0.1) is 0 Å². The number of thiazole rings is 1. The first-order valence-electron chi connectivity index (χ1n) is 12.2. The molecule has 1 aliphatic rings. The van der Waals surface area contributed by atoms with Gasteiger partial charge in [-0.05, 0) is 68.8 Å². The molecule has 0 aliphatic carbocycles.